The summed E-state index contributed by atoms with van der Waals surface area (Å²) in [5.74, 6) is -1.14. The van der Waals surface area contributed by atoms with Crippen LogP contribution in [0.25, 0.3) is 0 Å². The zero-order chi connectivity index (χ0) is 15.6. The Kier molecular flexibility index (Phi) is 4.43. The third kappa shape index (κ3) is 3.30. The van der Waals surface area contributed by atoms with E-state index in [-0.39, 0.29) is 11.7 Å². The van der Waals surface area contributed by atoms with E-state index in [4.69, 9.17) is 0 Å². The van der Waals surface area contributed by atoms with Gasteiger partial charge in [-0.25, -0.2) is 17.5 Å². The highest BCUT2D eigenvalue weighted by Gasteiger charge is 2.29. The van der Waals surface area contributed by atoms with Crippen molar-refractivity contribution >= 4 is 21.4 Å². The number of sulfonamides is 1. The first-order valence-electron chi connectivity index (χ1n) is 6.53. The van der Waals surface area contributed by atoms with E-state index in [1.54, 1.807) is 0 Å². The highest BCUT2D eigenvalue weighted by atomic mass is 32.2. The van der Waals surface area contributed by atoms with Crippen LogP contribution in [0.5, 0.6) is 0 Å². The molecule has 0 atom stereocenters. The number of hydrogen-bond acceptors (Lipinski definition) is 5. The minimum Gasteiger partial charge on any atom is -0.387 e. The predicted octanol–water partition coefficient (Wildman–Crippen LogP) is 2.00. The van der Waals surface area contributed by atoms with Crippen molar-refractivity contribution in [3.8, 4) is 0 Å². The summed E-state index contributed by atoms with van der Waals surface area (Å²) in [7, 11) is -2.69. The second-order valence-electron chi connectivity index (χ2n) is 4.91. The minimum absolute atomic E-state index is 0.132. The van der Waals surface area contributed by atoms with E-state index >= 15 is 0 Å². The second-order valence-corrected chi connectivity index (χ2v) is 6.56. The Morgan fingerprint density at radius 3 is 2.48 bits per heavy atom. The van der Waals surface area contributed by atoms with Crippen LogP contribution in [0.1, 0.15) is 25.7 Å². The molecule has 2 rings (SSSR count). The van der Waals surface area contributed by atoms with Gasteiger partial charge in [0.1, 0.15) is 4.90 Å². The van der Waals surface area contributed by atoms with Gasteiger partial charge in [-0.05, 0) is 12.8 Å². The number of halogens is 1. The van der Waals surface area contributed by atoms with Crippen molar-refractivity contribution in [1.82, 2.24) is 4.72 Å². The van der Waals surface area contributed by atoms with Crippen molar-refractivity contribution in [3.05, 3.63) is 28.1 Å². The van der Waals surface area contributed by atoms with Gasteiger partial charge < -0.3 is 5.32 Å². The summed E-state index contributed by atoms with van der Waals surface area (Å²) >= 11 is 0. The Labute approximate surface area is 121 Å². The van der Waals surface area contributed by atoms with E-state index in [2.05, 4.69) is 10.0 Å². The van der Waals surface area contributed by atoms with Crippen molar-refractivity contribution in [2.75, 3.05) is 12.4 Å². The molecule has 0 unspecified atom stereocenters. The van der Waals surface area contributed by atoms with Crippen LogP contribution < -0.4 is 10.0 Å². The topological polar surface area (TPSA) is 101 Å². The van der Waals surface area contributed by atoms with Gasteiger partial charge in [0.15, 0.2) is 5.82 Å². The third-order valence-corrected chi connectivity index (χ3v) is 5.05. The van der Waals surface area contributed by atoms with Crippen LogP contribution >= 0.6 is 0 Å². The largest absolute Gasteiger partial charge is 0.387 e. The van der Waals surface area contributed by atoms with Crippen LogP contribution in [-0.4, -0.2) is 26.4 Å². The average molecular weight is 317 g/mol. The van der Waals surface area contributed by atoms with Gasteiger partial charge in [0.05, 0.1) is 16.7 Å². The van der Waals surface area contributed by atoms with Crippen LogP contribution in [0.2, 0.25) is 0 Å². The van der Waals surface area contributed by atoms with Crippen LogP contribution in [0.3, 0.4) is 0 Å². The molecule has 0 aromatic heterocycles. The Balaban J connectivity index is 2.44. The van der Waals surface area contributed by atoms with Crippen LogP contribution in [-0.2, 0) is 10.0 Å². The fourth-order valence-electron chi connectivity index (χ4n) is 2.47. The van der Waals surface area contributed by atoms with Gasteiger partial charge in [0.2, 0.25) is 10.0 Å². The lowest BCUT2D eigenvalue weighted by Gasteiger charge is -2.15. The molecule has 0 saturated heterocycles. The van der Waals surface area contributed by atoms with Gasteiger partial charge in [0, 0.05) is 19.2 Å². The van der Waals surface area contributed by atoms with Crippen molar-refractivity contribution in [3.63, 3.8) is 0 Å². The summed E-state index contributed by atoms with van der Waals surface area (Å²) in [6.45, 7) is 0. The molecule has 0 heterocycles. The molecule has 1 aliphatic rings. The molecular formula is C12H16FN3O4S. The summed E-state index contributed by atoms with van der Waals surface area (Å²) in [6, 6.07) is 1.41. The van der Waals surface area contributed by atoms with Gasteiger partial charge in [0.25, 0.3) is 5.69 Å². The number of non-ortho nitro benzene ring substituents is 1. The van der Waals surface area contributed by atoms with E-state index in [9.17, 15) is 22.9 Å². The smallest absolute Gasteiger partial charge is 0.274 e. The van der Waals surface area contributed by atoms with Crippen molar-refractivity contribution < 1.29 is 17.7 Å². The molecule has 0 spiro atoms. The van der Waals surface area contributed by atoms with Crippen molar-refractivity contribution in [2.45, 2.75) is 36.6 Å². The summed E-state index contributed by atoms with van der Waals surface area (Å²) in [5.41, 5.74) is -0.635. The van der Waals surface area contributed by atoms with E-state index in [0.717, 1.165) is 18.9 Å². The van der Waals surface area contributed by atoms with E-state index in [1.807, 2.05) is 0 Å². The molecule has 1 fully saturated rings. The molecule has 0 bridgehead atoms. The molecule has 1 aromatic carbocycles. The average Bonchev–Trinajstić information content (AvgIpc) is 2.89. The molecule has 0 amide bonds. The first-order valence-corrected chi connectivity index (χ1v) is 8.01. The number of nitrogens with zero attached hydrogens (tertiary/aromatic N) is 1. The first-order chi connectivity index (χ1) is 9.85. The van der Waals surface area contributed by atoms with Gasteiger partial charge in [-0.15, -0.1) is 0 Å². The number of nitrogens with one attached hydrogen (secondary N) is 2. The Morgan fingerprint density at radius 1 is 1.33 bits per heavy atom. The molecule has 21 heavy (non-hydrogen) atoms. The van der Waals surface area contributed by atoms with Gasteiger partial charge in [-0.1, -0.05) is 12.8 Å². The minimum atomic E-state index is -4.07. The fourth-order valence-corrected chi connectivity index (χ4v) is 4.02. The quantitative estimate of drug-likeness (QED) is 0.639. The maximum atomic E-state index is 14.1. The van der Waals surface area contributed by atoms with Gasteiger partial charge in [-0.2, -0.15) is 0 Å². The lowest BCUT2D eigenvalue weighted by molar-refractivity contribution is -0.385. The zero-order valence-corrected chi connectivity index (χ0v) is 12.2. The maximum absolute atomic E-state index is 14.1. The van der Waals surface area contributed by atoms with Crippen molar-refractivity contribution in [2.24, 2.45) is 0 Å². The van der Waals surface area contributed by atoms with Crippen molar-refractivity contribution in [1.29, 1.82) is 0 Å². The normalized spacial score (nSPS) is 16.1. The van der Waals surface area contributed by atoms with E-state index < -0.39 is 31.3 Å². The molecular weight excluding hydrogens is 301 g/mol. The first kappa shape index (κ1) is 15.6. The monoisotopic (exact) mass is 317 g/mol. The molecule has 2 N–H and O–H groups in total. The zero-order valence-electron chi connectivity index (χ0n) is 11.4. The lowest BCUT2D eigenvalue weighted by Crippen LogP contribution is -2.33. The maximum Gasteiger partial charge on any atom is 0.274 e. The number of anilines is 1. The molecule has 7 nitrogen and oxygen atoms in total. The van der Waals surface area contributed by atoms with Gasteiger partial charge in [-0.3, -0.25) is 10.1 Å². The standard InChI is InChI=1S/C12H16FN3O4S/c1-14-11-7-9(16(17)18)6-10(13)12(11)21(19,20)15-8-4-2-3-5-8/h6-8,14-15H,2-5H2,1H3. The second kappa shape index (κ2) is 5.94. The van der Waals surface area contributed by atoms with Crippen LogP contribution in [0, 0.1) is 15.9 Å². The highest BCUT2D eigenvalue weighted by Crippen LogP contribution is 2.30. The number of nitro groups is 1. The highest BCUT2D eigenvalue weighted by molar-refractivity contribution is 7.89. The number of hydrogen-bond donors (Lipinski definition) is 2. The molecule has 116 valence electrons. The molecule has 0 radical (unpaired) electrons. The third-order valence-electron chi connectivity index (χ3n) is 3.45. The fraction of sp³-hybridized carbons (Fsp3) is 0.500. The summed E-state index contributed by atoms with van der Waals surface area (Å²) in [5, 5.41) is 13.2. The number of benzene rings is 1. The lowest BCUT2D eigenvalue weighted by atomic mass is 10.2. The predicted molar refractivity (Wildman–Crippen MR) is 75.2 cm³/mol. The summed E-state index contributed by atoms with van der Waals surface area (Å²) in [6.07, 6.45) is 3.27. The molecule has 1 aliphatic carbocycles. The molecule has 9 heteroatoms. The molecule has 1 aromatic rings. The van der Waals surface area contributed by atoms with Gasteiger partial charge >= 0.3 is 0 Å². The molecule has 0 aliphatic heterocycles. The number of rotatable bonds is 5. The Bertz CT molecular complexity index is 657. The Hall–Kier alpha value is -1.74. The molecule has 1 saturated carbocycles. The summed E-state index contributed by atoms with van der Waals surface area (Å²) < 4.78 is 41.1. The van der Waals surface area contributed by atoms with Crippen LogP contribution in [0.15, 0.2) is 17.0 Å². The Morgan fingerprint density at radius 2 is 1.95 bits per heavy atom. The number of nitro benzene ring substituents is 1. The summed E-state index contributed by atoms with van der Waals surface area (Å²) in [4.78, 5) is 9.35. The van der Waals surface area contributed by atoms with Crippen LogP contribution in [0.4, 0.5) is 15.8 Å². The van der Waals surface area contributed by atoms with E-state index in [0.29, 0.717) is 18.9 Å². The SMILES string of the molecule is CNc1cc([N+](=O)[O-])cc(F)c1S(=O)(=O)NC1CCCC1. The van der Waals surface area contributed by atoms with E-state index in [1.165, 1.54) is 7.05 Å².